The number of nitrogens with zero attached hydrogens (tertiary/aromatic N) is 1. The molecular weight excluding hydrogens is 498 g/mol. The number of hydrogen-bond donors (Lipinski definition) is 0. The second kappa shape index (κ2) is 9.75. The maximum absolute atomic E-state index is 13.7. The van der Waals surface area contributed by atoms with Crippen LogP contribution in [0.1, 0.15) is 17.0 Å². The molecule has 0 saturated carbocycles. The predicted molar refractivity (Wildman–Crippen MR) is 139 cm³/mol. The van der Waals surface area contributed by atoms with Gasteiger partial charge in [-0.05, 0) is 29.8 Å². The molecule has 1 aromatic heterocycles. The Balaban J connectivity index is 1.74. The summed E-state index contributed by atoms with van der Waals surface area (Å²) in [4.78, 5) is 17.4. The maximum Gasteiger partial charge on any atom is 0.310 e. The number of ether oxygens (including phenoxy) is 3. The number of benzene rings is 3. The summed E-state index contributed by atoms with van der Waals surface area (Å²) in [6.07, 6.45) is 0. The Hall–Kier alpha value is -3.69. The van der Waals surface area contributed by atoms with Crippen molar-refractivity contribution in [2.24, 2.45) is 5.92 Å². The molecule has 0 spiro atoms. The van der Waals surface area contributed by atoms with Crippen LogP contribution in [0.25, 0.3) is 16.0 Å². The quantitative estimate of drug-likeness (QED) is 0.259. The van der Waals surface area contributed by atoms with E-state index in [0.717, 1.165) is 10.2 Å². The molecule has 9 heteroatoms. The van der Waals surface area contributed by atoms with Crippen LogP contribution in [0.2, 0.25) is 0 Å². The SMILES string of the molecule is COC(=O)[C@H]1CS(=O)(=O)/C(=C(\Oc2nc3ccccc3s2)c2ccccc2)[C@@H]1c1ccc(OC)cc1. The number of para-hydroxylation sites is 1. The third-order valence-electron chi connectivity index (χ3n) is 6.12. The first-order chi connectivity index (χ1) is 17.4. The molecule has 5 rings (SSSR count). The van der Waals surface area contributed by atoms with Gasteiger partial charge in [-0.25, -0.2) is 13.4 Å². The second-order valence-electron chi connectivity index (χ2n) is 8.27. The standard InChI is InChI=1S/C27H23NO6S2/c1-32-19-14-12-17(13-15-19)23-20(26(29)33-2)16-36(30,31)25(23)24(18-8-4-3-5-9-18)34-27-28-21-10-6-7-11-22(21)35-27/h3-15,20,23H,16H2,1-2H3/b25-24-/t20-,23+/m0/s1. The van der Waals surface area contributed by atoms with Crippen LogP contribution < -0.4 is 9.47 Å². The van der Waals surface area contributed by atoms with Crippen LogP contribution in [-0.4, -0.2) is 39.3 Å². The zero-order valence-electron chi connectivity index (χ0n) is 19.6. The first kappa shape index (κ1) is 24.0. The van der Waals surface area contributed by atoms with E-state index in [1.807, 2.05) is 30.3 Å². The summed E-state index contributed by atoms with van der Waals surface area (Å²) in [5.74, 6) is -1.94. The van der Waals surface area contributed by atoms with Crippen molar-refractivity contribution in [3.05, 3.63) is 94.9 Å². The van der Waals surface area contributed by atoms with E-state index >= 15 is 0 Å². The largest absolute Gasteiger partial charge is 0.497 e. The lowest BCUT2D eigenvalue weighted by atomic mass is 9.86. The third-order valence-corrected chi connectivity index (χ3v) is 8.94. The van der Waals surface area contributed by atoms with Crippen molar-refractivity contribution in [2.45, 2.75) is 5.92 Å². The Morgan fingerprint density at radius 3 is 2.31 bits per heavy atom. The first-order valence-corrected chi connectivity index (χ1v) is 13.7. The number of fused-ring (bicyclic) bond motifs is 1. The van der Waals surface area contributed by atoms with Crippen molar-refractivity contribution < 1.29 is 27.4 Å². The number of allylic oxidation sites excluding steroid dienone is 1. The van der Waals surface area contributed by atoms with Crippen LogP contribution in [-0.2, 0) is 19.4 Å². The maximum atomic E-state index is 13.7. The Morgan fingerprint density at radius 2 is 1.64 bits per heavy atom. The van der Waals surface area contributed by atoms with Crippen LogP contribution in [0.3, 0.4) is 0 Å². The number of thiazole rings is 1. The monoisotopic (exact) mass is 521 g/mol. The Bertz CT molecular complexity index is 1510. The average Bonchev–Trinajstić information content (AvgIpc) is 3.44. The highest BCUT2D eigenvalue weighted by Crippen LogP contribution is 2.48. The summed E-state index contributed by atoms with van der Waals surface area (Å²) >= 11 is 1.32. The Labute approximate surface area is 212 Å². The van der Waals surface area contributed by atoms with Crippen molar-refractivity contribution in [2.75, 3.05) is 20.0 Å². The number of carbonyl (C=O) groups is 1. The van der Waals surface area contributed by atoms with Crippen LogP contribution in [0.4, 0.5) is 0 Å². The van der Waals surface area contributed by atoms with Gasteiger partial charge in [0, 0.05) is 11.5 Å². The summed E-state index contributed by atoms with van der Waals surface area (Å²) < 4.78 is 44.9. The van der Waals surface area contributed by atoms with E-state index in [1.54, 1.807) is 55.6 Å². The van der Waals surface area contributed by atoms with Gasteiger partial charge in [0.2, 0.25) is 0 Å². The van der Waals surface area contributed by atoms with Gasteiger partial charge < -0.3 is 14.2 Å². The lowest BCUT2D eigenvalue weighted by Gasteiger charge is -2.20. The summed E-state index contributed by atoms with van der Waals surface area (Å²) in [7, 11) is -1.09. The minimum atomic E-state index is -3.90. The molecule has 0 unspecified atom stereocenters. The molecule has 0 bridgehead atoms. The molecule has 2 heterocycles. The van der Waals surface area contributed by atoms with Crippen LogP contribution in [0.5, 0.6) is 10.9 Å². The average molecular weight is 522 g/mol. The van der Waals surface area contributed by atoms with E-state index in [4.69, 9.17) is 14.2 Å². The lowest BCUT2D eigenvalue weighted by molar-refractivity contribution is -0.144. The minimum Gasteiger partial charge on any atom is -0.497 e. The van der Waals surface area contributed by atoms with Crippen molar-refractivity contribution in [1.29, 1.82) is 0 Å². The van der Waals surface area contributed by atoms with Gasteiger partial charge in [0.15, 0.2) is 15.6 Å². The highest BCUT2D eigenvalue weighted by atomic mass is 32.2. The molecule has 0 amide bonds. The molecule has 0 N–H and O–H groups in total. The smallest absolute Gasteiger partial charge is 0.310 e. The number of esters is 1. The van der Waals surface area contributed by atoms with Gasteiger partial charge in [-0.15, -0.1) is 0 Å². The fraction of sp³-hybridized carbons (Fsp3) is 0.185. The second-order valence-corrected chi connectivity index (χ2v) is 11.3. The summed E-state index contributed by atoms with van der Waals surface area (Å²) in [5, 5.41) is 0.313. The number of aromatic nitrogens is 1. The highest BCUT2D eigenvalue weighted by molar-refractivity contribution is 7.95. The molecular formula is C27H23NO6S2. The summed E-state index contributed by atoms with van der Waals surface area (Å²) in [6.45, 7) is 0. The zero-order valence-corrected chi connectivity index (χ0v) is 21.2. The highest BCUT2D eigenvalue weighted by Gasteiger charge is 2.50. The molecule has 184 valence electrons. The molecule has 1 saturated heterocycles. The van der Waals surface area contributed by atoms with Gasteiger partial charge in [-0.3, -0.25) is 4.79 Å². The molecule has 1 fully saturated rings. The minimum absolute atomic E-state index is 0.0357. The molecule has 1 aliphatic heterocycles. The van der Waals surface area contributed by atoms with E-state index < -0.39 is 27.6 Å². The Kier molecular flexibility index (Phi) is 6.51. The van der Waals surface area contributed by atoms with Gasteiger partial charge in [-0.2, -0.15) is 0 Å². The molecule has 3 aromatic carbocycles. The first-order valence-electron chi connectivity index (χ1n) is 11.2. The zero-order chi connectivity index (χ0) is 25.3. The van der Waals surface area contributed by atoms with Crippen molar-refractivity contribution >= 4 is 43.1 Å². The molecule has 2 atom stereocenters. The molecule has 1 aliphatic rings. The van der Waals surface area contributed by atoms with Gasteiger partial charge in [-0.1, -0.05) is 65.9 Å². The topological polar surface area (TPSA) is 91.8 Å². The Morgan fingerprint density at radius 1 is 0.944 bits per heavy atom. The molecule has 4 aromatic rings. The van der Waals surface area contributed by atoms with Crippen molar-refractivity contribution in [3.8, 4) is 10.9 Å². The van der Waals surface area contributed by atoms with Crippen LogP contribution >= 0.6 is 11.3 Å². The normalized spacial score (nSPS) is 20.2. The fourth-order valence-electron chi connectivity index (χ4n) is 4.45. The number of methoxy groups -OCH3 is 2. The molecule has 36 heavy (non-hydrogen) atoms. The fourth-order valence-corrected chi connectivity index (χ4v) is 7.39. The summed E-state index contributed by atoms with van der Waals surface area (Å²) in [6, 6.07) is 23.6. The van der Waals surface area contributed by atoms with Crippen LogP contribution in [0.15, 0.2) is 83.8 Å². The number of carbonyl (C=O) groups excluding carboxylic acids is 1. The van der Waals surface area contributed by atoms with E-state index in [0.29, 0.717) is 22.1 Å². The van der Waals surface area contributed by atoms with Gasteiger partial charge in [0.1, 0.15) is 5.75 Å². The van der Waals surface area contributed by atoms with Gasteiger partial charge in [0.05, 0.1) is 41.0 Å². The molecule has 0 aliphatic carbocycles. The third kappa shape index (κ3) is 4.47. The number of sulfone groups is 1. The van der Waals surface area contributed by atoms with Crippen molar-refractivity contribution in [1.82, 2.24) is 4.98 Å². The van der Waals surface area contributed by atoms with E-state index in [9.17, 15) is 13.2 Å². The summed E-state index contributed by atoms with van der Waals surface area (Å²) in [5.41, 5.74) is 1.96. The van der Waals surface area contributed by atoms with E-state index in [-0.39, 0.29) is 16.4 Å². The molecule has 0 radical (unpaired) electrons. The molecule has 7 nitrogen and oxygen atoms in total. The van der Waals surface area contributed by atoms with Crippen LogP contribution in [0, 0.1) is 5.92 Å². The lowest BCUT2D eigenvalue weighted by Crippen LogP contribution is -2.22. The van der Waals surface area contributed by atoms with E-state index in [1.165, 1.54) is 18.4 Å². The van der Waals surface area contributed by atoms with Gasteiger partial charge in [0.25, 0.3) is 5.19 Å². The van der Waals surface area contributed by atoms with Gasteiger partial charge >= 0.3 is 5.97 Å². The number of hydrogen-bond acceptors (Lipinski definition) is 8. The van der Waals surface area contributed by atoms with Crippen molar-refractivity contribution in [3.63, 3.8) is 0 Å². The number of rotatable bonds is 6. The predicted octanol–water partition coefficient (Wildman–Crippen LogP) is 5.05. The van der Waals surface area contributed by atoms with E-state index in [2.05, 4.69) is 4.98 Å².